The molecule has 42 heavy (non-hydrogen) atoms. The molecule has 0 spiro atoms. The van der Waals surface area contributed by atoms with Crippen LogP contribution in [0.25, 0.3) is 10.8 Å². The summed E-state index contributed by atoms with van der Waals surface area (Å²) in [6, 6.07) is 30.0. The van der Waals surface area contributed by atoms with E-state index >= 15 is 0 Å². The summed E-state index contributed by atoms with van der Waals surface area (Å²) in [6.07, 6.45) is 5.32. The Balaban J connectivity index is 1.69. The topological polar surface area (TPSA) is 87.7 Å². The second-order valence-corrected chi connectivity index (χ2v) is 11.1. The van der Waals surface area contributed by atoms with Crippen LogP contribution in [0.4, 0.5) is 10.5 Å². The normalized spacial score (nSPS) is 12.5. The minimum Gasteiger partial charge on any atom is -0.444 e. The highest BCUT2D eigenvalue weighted by Gasteiger charge is 2.36. The molecular weight excluding hydrogens is 526 g/mol. The molecule has 0 fully saturated rings. The molecule has 4 aromatic carbocycles. The largest absolute Gasteiger partial charge is 0.444 e. The van der Waals surface area contributed by atoms with Crippen LogP contribution in [0.2, 0.25) is 0 Å². The molecule has 7 heteroatoms. The first-order valence-corrected chi connectivity index (χ1v) is 13.7. The van der Waals surface area contributed by atoms with E-state index in [0.29, 0.717) is 11.3 Å². The molecule has 214 valence electrons. The number of benzene rings is 4. The number of nitrogens with one attached hydrogen (secondary N) is 2. The van der Waals surface area contributed by atoms with Gasteiger partial charge < -0.3 is 15.4 Å². The molecular formula is C35H35N3O4. The fourth-order valence-corrected chi connectivity index (χ4v) is 4.58. The number of aryl methyl sites for hydroxylation is 1. The number of hydrogen-bond acceptors (Lipinski definition) is 4. The summed E-state index contributed by atoms with van der Waals surface area (Å²) < 4.78 is 5.44. The zero-order valence-electron chi connectivity index (χ0n) is 24.3. The summed E-state index contributed by atoms with van der Waals surface area (Å²) in [5.74, 6) is -1.11. The Morgan fingerprint density at radius 3 is 2.17 bits per heavy atom. The second kappa shape index (κ2) is 13.0. The molecule has 0 aliphatic rings. The van der Waals surface area contributed by atoms with Crippen LogP contribution in [0, 0.1) is 19.4 Å². The van der Waals surface area contributed by atoms with Gasteiger partial charge in [0.1, 0.15) is 17.7 Å². The summed E-state index contributed by atoms with van der Waals surface area (Å²) >= 11 is 0. The third kappa shape index (κ3) is 7.76. The Morgan fingerprint density at radius 2 is 1.52 bits per heavy atom. The number of amides is 3. The predicted octanol–water partition coefficient (Wildman–Crippen LogP) is 6.38. The maximum Gasteiger partial charge on any atom is 0.408 e. The number of carbonyl (C=O) groups excluding carboxylic acids is 3. The average molecular weight is 562 g/mol. The second-order valence-electron chi connectivity index (χ2n) is 11.1. The molecule has 0 bridgehead atoms. The van der Waals surface area contributed by atoms with Crippen molar-refractivity contribution in [2.75, 3.05) is 5.32 Å². The lowest BCUT2D eigenvalue weighted by atomic mass is 10.00. The number of hydrogen-bond donors (Lipinski definition) is 2. The van der Waals surface area contributed by atoms with Gasteiger partial charge in [-0.3, -0.25) is 14.5 Å². The molecule has 0 aromatic heterocycles. The first-order valence-electron chi connectivity index (χ1n) is 13.7. The minimum absolute atomic E-state index is 0.143. The van der Waals surface area contributed by atoms with Crippen LogP contribution in [0.1, 0.15) is 43.5 Å². The minimum atomic E-state index is -1.17. The van der Waals surface area contributed by atoms with Crippen LogP contribution >= 0.6 is 0 Å². The summed E-state index contributed by atoms with van der Waals surface area (Å²) in [5, 5.41) is 7.60. The van der Waals surface area contributed by atoms with Gasteiger partial charge in [-0.1, -0.05) is 96.9 Å². The van der Waals surface area contributed by atoms with Crippen molar-refractivity contribution in [1.29, 1.82) is 0 Å². The van der Waals surface area contributed by atoms with Crippen molar-refractivity contribution >= 4 is 34.4 Å². The quantitative estimate of drug-likeness (QED) is 0.193. The molecule has 4 rings (SSSR count). The van der Waals surface area contributed by atoms with Crippen molar-refractivity contribution in [1.82, 2.24) is 10.2 Å². The van der Waals surface area contributed by atoms with Gasteiger partial charge in [0.05, 0.1) is 0 Å². The summed E-state index contributed by atoms with van der Waals surface area (Å²) in [4.78, 5) is 41.9. The highest BCUT2D eigenvalue weighted by molar-refractivity contribution is 6.01. The van der Waals surface area contributed by atoms with Gasteiger partial charge in [-0.25, -0.2) is 4.79 Å². The summed E-state index contributed by atoms with van der Waals surface area (Å²) in [7, 11) is 0. The average Bonchev–Trinajstić information content (AvgIpc) is 2.95. The standard InChI is InChI=1S/C35H35N3O4/c1-6-38(33(40)30(22-25-12-8-7-9-13-25)37-34(41)42-35(3,4)5)31(27-18-16-24(2)17-19-27)32(39)36-29-21-20-26-14-10-11-15-28(26)23-29/h1,7-21,23,30-31H,22H2,2-5H3,(H,36,39)(H,37,41). The molecule has 0 aliphatic carbocycles. The lowest BCUT2D eigenvalue weighted by Crippen LogP contribution is -2.51. The first kappa shape index (κ1) is 29.9. The van der Waals surface area contributed by atoms with Gasteiger partial charge in [-0.2, -0.15) is 0 Å². The van der Waals surface area contributed by atoms with Gasteiger partial charge in [-0.05, 0) is 61.7 Å². The fraction of sp³-hybridized carbons (Fsp3) is 0.229. The number of fused-ring (bicyclic) bond motifs is 1. The number of ether oxygens (including phenoxy) is 1. The van der Waals surface area contributed by atoms with Crippen LogP contribution in [0.15, 0.2) is 97.1 Å². The Hall–Kier alpha value is -5.09. The zero-order valence-corrected chi connectivity index (χ0v) is 24.3. The summed E-state index contributed by atoms with van der Waals surface area (Å²) in [6.45, 7) is 7.13. The van der Waals surface area contributed by atoms with E-state index in [1.165, 1.54) is 0 Å². The van der Waals surface area contributed by atoms with Gasteiger partial charge in [-0.15, -0.1) is 0 Å². The molecule has 0 heterocycles. The molecule has 7 nitrogen and oxygen atoms in total. The zero-order chi connectivity index (χ0) is 30.3. The number of alkyl carbamates (subject to hydrolysis) is 1. The molecule has 2 atom stereocenters. The molecule has 3 amide bonds. The van der Waals surface area contributed by atoms with Gasteiger partial charge in [0.15, 0.2) is 0 Å². The third-order valence-corrected chi connectivity index (χ3v) is 6.56. The smallest absolute Gasteiger partial charge is 0.408 e. The molecule has 4 aromatic rings. The van der Waals surface area contributed by atoms with E-state index in [9.17, 15) is 14.4 Å². The number of nitrogens with zero attached hydrogens (tertiary/aromatic N) is 1. The highest BCUT2D eigenvalue weighted by Crippen LogP contribution is 2.26. The van der Waals surface area contributed by atoms with E-state index in [1.807, 2.05) is 85.8 Å². The third-order valence-electron chi connectivity index (χ3n) is 6.56. The van der Waals surface area contributed by atoms with Crippen LogP contribution < -0.4 is 10.6 Å². The van der Waals surface area contributed by atoms with Gasteiger partial charge in [0, 0.05) is 18.2 Å². The predicted molar refractivity (Wildman–Crippen MR) is 165 cm³/mol. The van der Waals surface area contributed by atoms with Gasteiger partial charge in [0.2, 0.25) is 0 Å². The number of anilines is 1. The van der Waals surface area contributed by atoms with Crippen molar-refractivity contribution < 1.29 is 19.1 Å². The lowest BCUT2D eigenvalue weighted by molar-refractivity contribution is -0.136. The molecule has 0 saturated heterocycles. The van der Waals surface area contributed by atoms with Crippen LogP contribution in [0.3, 0.4) is 0 Å². The molecule has 0 aliphatic heterocycles. The van der Waals surface area contributed by atoms with Crippen molar-refractivity contribution in [2.24, 2.45) is 0 Å². The van der Waals surface area contributed by atoms with E-state index < -0.39 is 35.6 Å². The highest BCUT2D eigenvalue weighted by atomic mass is 16.6. The van der Waals surface area contributed by atoms with Crippen molar-refractivity contribution in [3.05, 3.63) is 114 Å². The van der Waals surface area contributed by atoms with Crippen molar-refractivity contribution in [3.8, 4) is 12.5 Å². The Labute approximate surface area is 246 Å². The van der Waals surface area contributed by atoms with Gasteiger partial charge in [0.25, 0.3) is 11.8 Å². The first-order chi connectivity index (χ1) is 20.0. The van der Waals surface area contributed by atoms with E-state index in [0.717, 1.165) is 26.8 Å². The van der Waals surface area contributed by atoms with E-state index in [2.05, 4.69) is 16.7 Å². The van der Waals surface area contributed by atoms with Crippen LogP contribution in [-0.4, -0.2) is 34.5 Å². The monoisotopic (exact) mass is 561 g/mol. The van der Waals surface area contributed by atoms with Gasteiger partial charge >= 0.3 is 6.09 Å². The molecule has 2 N–H and O–H groups in total. The number of rotatable bonds is 8. The fourth-order valence-electron chi connectivity index (χ4n) is 4.58. The maximum atomic E-state index is 14.1. The Kier molecular flexibility index (Phi) is 9.28. The number of carbonyl (C=O) groups is 3. The van der Waals surface area contributed by atoms with Crippen LogP contribution in [0.5, 0.6) is 0 Å². The van der Waals surface area contributed by atoms with E-state index in [-0.39, 0.29) is 6.42 Å². The number of terminal acetylenes is 1. The Bertz CT molecular complexity index is 1600. The van der Waals surface area contributed by atoms with E-state index in [4.69, 9.17) is 11.2 Å². The molecule has 0 saturated carbocycles. The Morgan fingerprint density at radius 1 is 0.881 bits per heavy atom. The van der Waals surface area contributed by atoms with Crippen molar-refractivity contribution in [3.63, 3.8) is 0 Å². The van der Waals surface area contributed by atoms with Crippen LogP contribution in [-0.2, 0) is 20.7 Å². The summed E-state index contributed by atoms with van der Waals surface area (Å²) in [5.41, 5.74) is 2.10. The van der Waals surface area contributed by atoms with E-state index in [1.54, 1.807) is 39.0 Å². The van der Waals surface area contributed by atoms with Crippen molar-refractivity contribution in [2.45, 2.75) is 51.8 Å². The lowest BCUT2D eigenvalue weighted by Gasteiger charge is -2.30. The molecule has 0 radical (unpaired) electrons. The SMILES string of the molecule is C#CN(C(=O)C(Cc1ccccc1)NC(=O)OC(C)(C)C)C(C(=O)Nc1ccc2ccccc2c1)c1ccc(C)cc1. The maximum absolute atomic E-state index is 14.1. The molecule has 2 unspecified atom stereocenters.